The van der Waals surface area contributed by atoms with Gasteiger partial charge in [-0.25, -0.2) is 4.98 Å². The number of hydrogen-bond acceptors (Lipinski definition) is 15. The summed E-state index contributed by atoms with van der Waals surface area (Å²) in [6, 6.07) is 0. The van der Waals surface area contributed by atoms with E-state index in [-0.39, 0.29) is 16.7 Å². The van der Waals surface area contributed by atoms with Gasteiger partial charge in [0.25, 0.3) is 0 Å². The summed E-state index contributed by atoms with van der Waals surface area (Å²) in [5, 5.41) is 26.9. The number of carbonyl (C=O) groups excluding carboxylic acids is 1. The van der Waals surface area contributed by atoms with Gasteiger partial charge in [-0.1, -0.05) is 34.4 Å². The molecule has 0 aliphatic rings. The van der Waals surface area contributed by atoms with E-state index in [0.29, 0.717) is 28.3 Å². The van der Waals surface area contributed by atoms with Crippen LogP contribution in [0.3, 0.4) is 0 Å². The fourth-order valence-electron chi connectivity index (χ4n) is 1.43. The molecule has 0 aliphatic carbocycles. The van der Waals surface area contributed by atoms with Gasteiger partial charge >= 0.3 is 11.0 Å². The van der Waals surface area contributed by atoms with Crippen LogP contribution >= 0.6 is 69.3 Å². The molecule has 0 spiro atoms. The number of rotatable bonds is 9. The number of nitro groups is 1. The highest BCUT2D eigenvalue weighted by molar-refractivity contribution is 8.05. The molecule has 0 bridgehead atoms. The SMILES string of the molecule is CCOC(=O)CSc1nnc(Sc2nnc(Sc3ncc([N+](=O)[O-])s3)s2)s1. The molecule has 0 fully saturated rings. The van der Waals surface area contributed by atoms with Crippen molar-refractivity contribution in [1.82, 2.24) is 25.4 Å². The van der Waals surface area contributed by atoms with Crippen molar-refractivity contribution in [2.45, 2.75) is 28.6 Å². The molecule has 0 radical (unpaired) electrons. The molecule has 3 rings (SSSR count). The van der Waals surface area contributed by atoms with E-state index in [1.165, 1.54) is 64.2 Å². The quantitative estimate of drug-likeness (QED) is 0.191. The summed E-state index contributed by atoms with van der Waals surface area (Å²) in [6.45, 7) is 2.11. The Morgan fingerprint density at radius 3 is 2.26 bits per heavy atom. The Labute approximate surface area is 176 Å². The van der Waals surface area contributed by atoms with Crippen molar-refractivity contribution in [3.8, 4) is 0 Å². The normalized spacial score (nSPS) is 10.9. The van der Waals surface area contributed by atoms with Crippen molar-refractivity contribution >= 4 is 80.3 Å². The molecule has 0 amide bonds. The van der Waals surface area contributed by atoms with Crippen LogP contribution in [-0.4, -0.2) is 48.6 Å². The topological polar surface area (TPSA) is 134 Å². The lowest BCUT2D eigenvalue weighted by Crippen LogP contribution is -2.06. The first-order valence-electron chi connectivity index (χ1n) is 6.95. The summed E-state index contributed by atoms with van der Waals surface area (Å²) in [5.41, 5.74) is 0. The monoisotopic (exact) mass is 480 g/mol. The summed E-state index contributed by atoms with van der Waals surface area (Å²) in [6.07, 6.45) is 1.22. The molecule has 3 aromatic rings. The van der Waals surface area contributed by atoms with Crippen LogP contribution in [0.25, 0.3) is 0 Å². The van der Waals surface area contributed by atoms with Crippen LogP contribution in [-0.2, 0) is 9.53 Å². The van der Waals surface area contributed by atoms with Crippen LogP contribution in [0, 0.1) is 10.1 Å². The van der Waals surface area contributed by atoms with Gasteiger partial charge in [0.1, 0.15) is 6.20 Å². The second kappa shape index (κ2) is 9.74. The van der Waals surface area contributed by atoms with E-state index in [9.17, 15) is 14.9 Å². The Morgan fingerprint density at radius 1 is 1.07 bits per heavy atom. The third kappa shape index (κ3) is 6.08. The number of hydrogen-bond donors (Lipinski definition) is 0. The maximum Gasteiger partial charge on any atom is 0.344 e. The lowest BCUT2D eigenvalue weighted by atomic mass is 10.8. The Morgan fingerprint density at radius 2 is 1.67 bits per heavy atom. The second-order valence-corrected chi connectivity index (χ2v) is 11.4. The van der Waals surface area contributed by atoms with Gasteiger partial charge in [-0.3, -0.25) is 14.9 Å². The molecule has 3 aromatic heterocycles. The van der Waals surface area contributed by atoms with Crippen LogP contribution in [0.15, 0.2) is 27.9 Å². The zero-order valence-electron chi connectivity index (χ0n) is 13.3. The van der Waals surface area contributed by atoms with Crippen LogP contribution in [0.4, 0.5) is 5.00 Å². The van der Waals surface area contributed by atoms with E-state index in [2.05, 4.69) is 25.4 Å². The highest BCUT2D eigenvalue weighted by Gasteiger charge is 2.16. The Kier molecular flexibility index (Phi) is 7.36. The molecule has 0 unspecified atom stereocenters. The molecule has 0 N–H and O–H groups in total. The van der Waals surface area contributed by atoms with Crippen LogP contribution in [0.2, 0.25) is 0 Å². The molecule has 0 aliphatic heterocycles. The molecule has 27 heavy (non-hydrogen) atoms. The van der Waals surface area contributed by atoms with Crippen molar-refractivity contribution in [3.63, 3.8) is 0 Å². The number of carbonyl (C=O) groups is 1. The van der Waals surface area contributed by atoms with Crippen LogP contribution < -0.4 is 0 Å². The summed E-state index contributed by atoms with van der Waals surface area (Å²) in [5.74, 6) is -0.104. The zero-order chi connectivity index (χ0) is 19.2. The maximum atomic E-state index is 11.4. The first-order valence-corrected chi connectivity index (χ1v) is 12.0. The zero-order valence-corrected chi connectivity index (χ0v) is 18.2. The smallest absolute Gasteiger partial charge is 0.344 e. The van der Waals surface area contributed by atoms with E-state index in [0.717, 1.165) is 11.3 Å². The minimum absolute atomic E-state index is 0.0154. The van der Waals surface area contributed by atoms with Crippen molar-refractivity contribution in [1.29, 1.82) is 0 Å². The highest BCUT2D eigenvalue weighted by Crippen LogP contribution is 2.40. The van der Waals surface area contributed by atoms with Crippen molar-refractivity contribution in [3.05, 3.63) is 16.3 Å². The predicted molar refractivity (Wildman–Crippen MR) is 104 cm³/mol. The Balaban J connectivity index is 1.54. The first kappa shape index (κ1) is 20.4. The maximum absolute atomic E-state index is 11.4. The fraction of sp³-hybridized carbons (Fsp3) is 0.273. The predicted octanol–water partition coefficient (Wildman–Crippen LogP) is 3.71. The highest BCUT2D eigenvalue weighted by atomic mass is 32.2. The molecule has 0 saturated carbocycles. The fourth-order valence-corrected chi connectivity index (χ4v) is 7.46. The second-order valence-electron chi connectivity index (χ2n) is 4.19. The van der Waals surface area contributed by atoms with Gasteiger partial charge in [0, 0.05) is 0 Å². The Bertz CT molecular complexity index is 941. The van der Waals surface area contributed by atoms with E-state index in [1.54, 1.807) is 6.92 Å². The average molecular weight is 481 g/mol. The van der Waals surface area contributed by atoms with E-state index in [1.807, 2.05) is 0 Å². The Hall–Kier alpha value is -1.33. The minimum atomic E-state index is -0.476. The molecule has 0 saturated heterocycles. The van der Waals surface area contributed by atoms with Gasteiger partial charge in [-0.2, -0.15) is 0 Å². The lowest BCUT2D eigenvalue weighted by Gasteiger charge is -1.97. The summed E-state index contributed by atoms with van der Waals surface area (Å²) in [4.78, 5) is 25.6. The number of ether oxygens (including phenoxy) is 1. The number of thiazole rings is 1. The standard InChI is InChI=1S/C11H8N6O4S6/c1-2-21-6(18)4-22-8-13-14-10(25-8)27-11-16-15-9(26-11)24-7-12-3-5(23-7)17(19)20/h3H,2,4H2,1H3. The molecular weight excluding hydrogens is 473 g/mol. The average Bonchev–Trinajstić information content (AvgIpc) is 3.36. The molecular formula is C11H8N6O4S6. The van der Waals surface area contributed by atoms with Crippen LogP contribution in [0.1, 0.15) is 6.92 Å². The molecule has 0 atom stereocenters. The van der Waals surface area contributed by atoms with Crippen molar-refractivity contribution in [2.75, 3.05) is 12.4 Å². The van der Waals surface area contributed by atoms with Gasteiger partial charge in [0.05, 0.1) is 17.3 Å². The molecule has 16 heteroatoms. The summed E-state index contributed by atoms with van der Waals surface area (Å²) in [7, 11) is 0. The van der Waals surface area contributed by atoms with Gasteiger partial charge in [0.2, 0.25) is 0 Å². The van der Waals surface area contributed by atoms with E-state index < -0.39 is 4.92 Å². The summed E-state index contributed by atoms with van der Waals surface area (Å²) >= 11 is 7.48. The third-order valence-corrected chi connectivity index (χ3v) is 8.53. The molecule has 3 heterocycles. The molecule has 10 nitrogen and oxygen atoms in total. The van der Waals surface area contributed by atoms with Gasteiger partial charge in [-0.15, -0.1) is 20.4 Å². The lowest BCUT2D eigenvalue weighted by molar-refractivity contribution is -0.380. The van der Waals surface area contributed by atoms with Crippen molar-refractivity contribution in [2.24, 2.45) is 0 Å². The minimum Gasteiger partial charge on any atom is -0.465 e. The molecule has 142 valence electrons. The molecule has 0 aromatic carbocycles. The van der Waals surface area contributed by atoms with E-state index in [4.69, 9.17) is 4.74 Å². The number of nitrogens with zero attached hydrogens (tertiary/aromatic N) is 6. The van der Waals surface area contributed by atoms with Crippen molar-refractivity contribution < 1.29 is 14.5 Å². The largest absolute Gasteiger partial charge is 0.465 e. The number of thioether (sulfide) groups is 1. The first-order chi connectivity index (χ1) is 13.0. The number of aromatic nitrogens is 5. The van der Waals surface area contributed by atoms with Crippen LogP contribution in [0.5, 0.6) is 0 Å². The number of esters is 1. The van der Waals surface area contributed by atoms with Gasteiger partial charge in [-0.05, 0) is 41.8 Å². The third-order valence-electron chi connectivity index (χ3n) is 2.40. The van der Waals surface area contributed by atoms with E-state index >= 15 is 0 Å². The van der Waals surface area contributed by atoms with Gasteiger partial charge in [0.15, 0.2) is 21.7 Å². The summed E-state index contributed by atoms with van der Waals surface area (Å²) < 4.78 is 8.04. The van der Waals surface area contributed by atoms with Gasteiger partial charge < -0.3 is 4.74 Å².